The minimum Gasteiger partial charge on any atom is -0.497 e. The Morgan fingerprint density at radius 2 is 1.68 bits per heavy atom. The normalized spacial score (nSPS) is 12.0. The van der Waals surface area contributed by atoms with Gasteiger partial charge in [0.15, 0.2) is 0 Å². The first-order chi connectivity index (χ1) is 9.10. The van der Waals surface area contributed by atoms with Crippen molar-refractivity contribution >= 4 is 5.69 Å². The topological polar surface area (TPSA) is 21.3 Å². The summed E-state index contributed by atoms with van der Waals surface area (Å²) in [5.74, 6) is 0.891. The van der Waals surface area contributed by atoms with Crippen molar-refractivity contribution in [3.05, 3.63) is 59.2 Å². The van der Waals surface area contributed by atoms with Crippen LogP contribution in [0, 0.1) is 13.8 Å². The maximum atomic E-state index is 5.18. The first-order valence-corrected chi connectivity index (χ1v) is 6.58. The number of hydrogen-bond acceptors (Lipinski definition) is 2. The SMILES string of the molecule is COc1ccc(C(C)Nc2ccc(C)cc2C)cc1. The Kier molecular flexibility index (Phi) is 4.10. The Bertz CT molecular complexity index is 546. The predicted octanol–water partition coefficient (Wildman–Crippen LogP) is 4.49. The highest BCUT2D eigenvalue weighted by atomic mass is 16.5. The van der Waals surface area contributed by atoms with Crippen molar-refractivity contribution in [2.45, 2.75) is 26.8 Å². The lowest BCUT2D eigenvalue weighted by Crippen LogP contribution is -2.07. The van der Waals surface area contributed by atoms with Gasteiger partial charge in [0.1, 0.15) is 5.75 Å². The summed E-state index contributed by atoms with van der Waals surface area (Å²) in [5, 5.41) is 3.55. The number of ether oxygens (including phenoxy) is 1. The number of hydrogen-bond donors (Lipinski definition) is 1. The molecule has 0 fully saturated rings. The second kappa shape index (κ2) is 5.79. The van der Waals surface area contributed by atoms with Crippen LogP contribution < -0.4 is 10.1 Å². The Morgan fingerprint density at radius 3 is 2.26 bits per heavy atom. The molecule has 2 aromatic carbocycles. The molecule has 0 aliphatic heterocycles. The molecule has 19 heavy (non-hydrogen) atoms. The van der Waals surface area contributed by atoms with Crippen LogP contribution in [0.3, 0.4) is 0 Å². The van der Waals surface area contributed by atoms with Crippen LogP contribution in [-0.4, -0.2) is 7.11 Å². The molecule has 100 valence electrons. The first kappa shape index (κ1) is 13.5. The fraction of sp³-hybridized carbons (Fsp3) is 0.294. The monoisotopic (exact) mass is 255 g/mol. The van der Waals surface area contributed by atoms with Gasteiger partial charge < -0.3 is 10.1 Å². The molecule has 0 saturated heterocycles. The molecule has 0 bridgehead atoms. The van der Waals surface area contributed by atoms with Gasteiger partial charge in [0.25, 0.3) is 0 Å². The van der Waals surface area contributed by atoms with Crippen LogP contribution in [0.15, 0.2) is 42.5 Å². The minimum absolute atomic E-state index is 0.271. The van der Waals surface area contributed by atoms with Gasteiger partial charge >= 0.3 is 0 Å². The highest BCUT2D eigenvalue weighted by Gasteiger charge is 2.07. The van der Waals surface area contributed by atoms with Crippen LogP contribution in [0.5, 0.6) is 5.75 Å². The quantitative estimate of drug-likeness (QED) is 0.869. The largest absolute Gasteiger partial charge is 0.497 e. The molecule has 2 rings (SSSR count). The molecule has 0 aromatic heterocycles. The molecule has 2 nitrogen and oxygen atoms in total. The second-order valence-corrected chi connectivity index (χ2v) is 4.96. The van der Waals surface area contributed by atoms with E-state index in [-0.39, 0.29) is 6.04 Å². The highest BCUT2D eigenvalue weighted by Crippen LogP contribution is 2.24. The van der Waals surface area contributed by atoms with E-state index in [1.54, 1.807) is 7.11 Å². The van der Waals surface area contributed by atoms with Crippen LogP contribution in [0.4, 0.5) is 5.69 Å². The fourth-order valence-electron chi connectivity index (χ4n) is 2.18. The Labute approximate surface area is 115 Å². The van der Waals surface area contributed by atoms with Gasteiger partial charge in [-0.25, -0.2) is 0 Å². The molecule has 1 N–H and O–H groups in total. The van der Waals surface area contributed by atoms with Crippen molar-refractivity contribution in [1.29, 1.82) is 0 Å². The van der Waals surface area contributed by atoms with Gasteiger partial charge in [-0.2, -0.15) is 0 Å². The standard InChI is InChI=1S/C17H21NO/c1-12-5-10-17(13(2)11-12)18-14(3)15-6-8-16(19-4)9-7-15/h5-11,14,18H,1-4H3. The zero-order valence-corrected chi connectivity index (χ0v) is 12.0. The molecule has 0 saturated carbocycles. The third-order valence-electron chi connectivity index (χ3n) is 3.37. The lowest BCUT2D eigenvalue weighted by molar-refractivity contribution is 0.414. The Hall–Kier alpha value is -1.96. The van der Waals surface area contributed by atoms with E-state index >= 15 is 0 Å². The van der Waals surface area contributed by atoms with E-state index in [9.17, 15) is 0 Å². The summed E-state index contributed by atoms with van der Waals surface area (Å²) in [6.45, 7) is 6.42. The van der Waals surface area contributed by atoms with Crippen LogP contribution in [0.25, 0.3) is 0 Å². The number of nitrogens with one attached hydrogen (secondary N) is 1. The van der Waals surface area contributed by atoms with E-state index in [4.69, 9.17) is 4.74 Å². The summed E-state index contributed by atoms with van der Waals surface area (Å²) >= 11 is 0. The van der Waals surface area contributed by atoms with Crippen LogP contribution in [0.1, 0.15) is 29.7 Å². The summed E-state index contributed by atoms with van der Waals surface area (Å²) in [7, 11) is 1.69. The second-order valence-electron chi connectivity index (χ2n) is 4.96. The van der Waals surface area contributed by atoms with Gasteiger partial charge in [0, 0.05) is 11.7 Å². The molecule has 0 radical (unpaired) electrons. The maximum absolute atomic E-state index is 5.18. The first-order valence-electron chi connectivity index (χ1n) is 6.58. The number of aryl methyl sites for hydroxylation is 2. The minimum atomic E-state index is 0.271. The number of anilines is 1. The van der Waals surface area contributed by atoms with Gasteiger partial charge in [-0.3, -0.25) is 0 Å². The zero-order valence-electron chi connectivity index (χ0n) is 12.0. The molecule has 2 aromatic rings. The molecule has 0 aliphatic rings. The molecular formula is C17H21NO. The number of methoxy groups -OCH3 is 1. The molecule has 0 spiro atoms. The van der Waals surface area contributed by atoms with Gasteiger partial charge in [-0.1, -0.05) is 29.8 Å². The van der Waals surface area contributed by atoms with Crippen LogP contribution >= 0.6 is 0 Å². The molecule has 0 aliphatic carbocycles. The summed E-state index contributed by atoms with van der Waals surface area (Å²) in [6, 6.07) is 14.9. The van der Waals surface area contributed by atoms with Crippen molar-refractivity contribution in [3.63, 3.8) is 0 Å². The molecule has 2 heteroatoms. The van der Waals surface area contributed by atoms with E-state index in [0.717, 1.165) is 5.75 Å². The van der Waals surface area contributed by atoms with Crippen molar-refractivity contribution in [2.75, 3.05) is 12.4 Å². The smallest absolute Gasteiger partial charge is 0.118 e. The zero-order chi connectivity index (χ0) is 13.8. The Morgan fingerprint density at radius 1 is 1.00 bits per heavy atom. The summed E-state index contributed by atoms with van der Waals surface area (Å²) in [6.07, 6.45) is 0. The third-order valence-corrected chi connectivity index (χ3v) is 3.37. The van der Waals surface area contributed by atoms with Gasteiger partial charge in [-0.05, 0) is 50.1 Å². The van der Waals surface area contributed by atoms with Gasteiger partial charge in [-0.15, -0.1) is 0 Å². The predicted molar refractivity (Wildman–Crippen MR) is 80.9 cm³/mol. The van der Waals surface area contributed by atoms with Crippen molar-refractivity contribution < 1.29 is 4.74 Å². The van der Waals surface area contributed by atoms with Crippen LogP contribution in [0.2, 0.25) is 0 Å². The van der Waals surface area contributed by atoms with E-state index in [1.165, 1.54) is 22.4 Å². The van der Waals surface area contributed by atoms with E-state index in [0.29, 0.717) is 0 Å². The van der Waals surface area contributed by atoms with Crippen LogP contribution in [-0.2, 0) is 0 Å². The lowest BCUT2D eigenvalue weighted by atomic mass is 10.1. The van der Waals surface area contributed by atoms with E-state index in [1.807, 2.05) is 12.1 Å². The summed E-state index contributed by atoms with van der Waals surface area (Å²) < 4.78 is 5.18. The molecule has 1 atom stereocenters. The molecule has 0 heterocycles. The molecular weight excluding hydrogens is 234 g/mol. The lowest BCUT2D eigenvalue weighted by Gasteiger charge is -2.18. The summed E-state index contributed by atoms with van der Waals surface area (Å²) in [4.78, 5) is 0. The Balaban J connectivity index is 2.13. The van der Waals surface area contributed by atoms with Crippen molar-refractivity contribution in [2.24, 2.45) is 0 Å². The van der Waals surface area contributed by atoms with Gasteiger partial charge in [0.2, 0.25) is 0 Å². The molecule has 0 amide bonds. The average Bonchev–Trinajstić information content (AvgIpc) is 2.42. The fourth-order valence-corrected chi connectivity index (χ4v) is 2.18. The maximum Gasteiger partial charge on any atom is 0.118 e. The number of benzene rings is 2. The van der Waals surface area contributed by atoms with E-state index < -0.39 is 0 Å². The van der Waals surface area contributed by atoms with E-state index in [2.05, 4.69) is 56.4 Å². The van der Waals surface area contributed by atoms with Crippen molar-refractivity contribution in [3.8, 4) is 5.75 Å². The van der Waals surface area contributed by atoms with Crippen molar-refractivity contribution in [1.82, 2.24) is 0 Å². The highest BCUT2D eigenvalue weighted by molar-refractivity contribution is 5.53. The average molecular weight is 255 g/mol. The summed E-state index contributed by atoms with van der Waals surface area (Å²) in [5.41, 5.74) is 5.01. The number of rotatable bonds is 4. The third kappa shape index (κ3) is 3.28. The van der Waals surface area contributed by atoms with Gasteiger partial charge in [0.05, 0.1) is 7.11 Å². The molecule has 1 unspecified atom stereocenters.